The first-order valence-corrected chi connectivity index (χ1v) is 5.51. The Morgan fingerprint density at radius 2 is 2.15 bits per heavy atom. The lowest BCUT2D eigenvalue weighted by Crippen LogP contribution is -2.20. The number of anilines is 1. The van der Waals surface area contributed by atoms with Gasteiger partial charge < -0.3 is 4.90 Å². The van der Waals surface area contributed by atoms with Crippen molar-refractivity contribution in [1.29, 1.82) is 0 Å². The minimum atomic E-state index is 0.659. The maximum atomic E-state index is 5.68. The summed E-state index contributed by atoms with van der Waals surface area (Å²) in [6.45, 7) is 2.98. The maximum Gasteiger partial charge on any atom is 0.0399 e. The van der Waals surface area contributed by atoms with Crippen LogP contribution < -0.4 is 4.90 Å². The lowest BCUT2D eigenvalue weighted by Gasteiger charge is -2.20. The van der Waals surface area contributed by atoms with E-state index in [9.17, 15) is 0 Å². The van der Waals surface area contributed by atoms with Gasteiger partial charge in [0.2, 0.25) is 0 Å². The summed E-state index contributed by atoms with van der Waals surface area (Å²) >= 11 is 9.12. The quantitative estimate of drug-likeness (QED) is 0.755. The third-order valence-electron chi connectivity index (χ3n) is 1.99. The summed E-state index contributed by atoms with van der Waals surface area (Å²) in [6.07, 6.45) is 0. The molecule has 3 heteroatoms. The Balaban J connectivity index is 2.88. The van der Waals surface area contributed by atoms with Crippen LogP contribution in [-0.4, -0.2) is 19.5 Å². The molecule has 0 atom stereocenters. The highest BCUT2D eigenvalue weighted by molar-refractivity contribution is 9.10. The molecule has 1 aromatic rings. The summed E-state index contributed by atoms with van der Waals surface area (Å²) in [5.74, 6) is 0.659. The van der Waals surface area contributed by atoms with Crippen molar-refractivity contribution in [3.63, 3.8) is 0 Å². The second-order valence-electron chi connectivity index (χ2n) is 3.04. The van der Waals surface area contributed by atoms with Crippen molar-refractivity contribution in [1.82, 2.24) is 0 Å². The third-order valence-corrected chi connectivity index (χ3v) is 2.65. The van der Waals surface area contributed by atoms with Crippen LogP contribution in [0.1, 0.15) is 5.56 Å². The number of hydrogen-bond acceptors (Lipinski definition) is 1. The van der Waals surface area contributed by atoms with E-state index in [1.54, 1.807) is 0 Å². The predicted octanol–water partition coefficient (Wildman–Crippen LogP) is 3.43. The fourth-order valence-corrected chi connectivity index (χ4v) is 2.02. The van der Waals surface area contributed by atoms with E-state index >= 15 is 0 Å². The first kappa shape index (κ1) is 10.9. The van der Waals surface area contributed by atoms with E-state index in [1.807, 2.05) is 6.07 Å². The highest BCUT2D eigenvalue weighted by Crippen LogP contribution is 2.22. The minimum absolute atomic E-state index is 0.659. The molecule has 0 bridgehead atoms. The lowest BCUT2D eigenvalue weighted by atomic mass is 10.2. The average molecular weight is 263 g/mol. The van der Waals surface area contributed by atoms with Gasteiger partial charge in [-0.3, -0.25) is 0 Å². The van der Waals surface area contributed by atoms with Crippen LogP contribution in [0.4, 0.5) is 5.69 Å². The molecule has 1 aromatic carbocycles. The molecule has 72 valence electrons. The highest BCUT2D eigenvalue weighted by atomic mass is 79.9. The first-order chi connectivity index (χ1) is 6.15. The second kappa shape index (κ2) is 4.87. The van der Waals surface area contributed by atoms with Crippen molar-refractivity contribution in [2.75, 3.05) is 24.4 Å². The fourth-order valence-electron chi connectivity index (χ4n) is 1.29. The Morgan fingerprint density at radius 1 is 1.46 bits per heavy atom. The number of hydrogen-bond donors (Lipinski definition) is 0. The largest absolute Gasteiger partial charge is 0.373 e. The van der Waals surface area contributed by atoms with Crippen molar-refractivity contribution in [2.45, 2.75) is 6.92 Å². The Bertz CT molecular complexity index is 288. The smallest absolute Gasteiger partial charge is 0.0399 e. The molecule has 0 heterocycles. The maximum absolute atomic E-state index is 5.68. The molecule has 0 radical (unpaired) electrons. The van der Waals surface area contributed by atoms with Gasteiger partial charge >= 0.3 is 0 Å². The number of alkyl halides is 1. The van der Waals surface area contributed by atoms with E-state index in [0.717, 1.165) is 11.0 Å². The Morgan fingerprint density at radius 3 is 2.69 bits per heavy atom. The molecular formula is C10H13BrClN. The van der Waals surface area contributed by atoms with Crippen molar-refractivity contribution < 1.29 is 0 Å². The molecule has 0 saturated heterocycles. The van der Waals surface area contributed by atoms with Gasteiger partial charge in [0.05, 0.1) is 0 Å². The van der Waals surface area contributed by atoms with Gasteiger partial charge in [-0.25, -0.2) is 0 Å². The molecule has 0 N–H and O–H groups in total. The normalized spacial score (nSPS) is 10.2. The molecule has 13 heavy (non-hydrogen) atoms. The van der Waals surface area contributed by atoms with Gasteiger partial charge in [0, 0.05) is 29.6 Å². The van der Waals surface area contributed by atoms with E-state index < -0.39 is 0 Å². The molecule has 0 unspecified atom stereocenters. The Kier molecular flexibility index (Phi) is 4.07. The topological polar surface area (TPSA) is 3.24 Å². The molecule has 0 fully saturated rings. The molecule has 0 amide bonds. The van der Waals surface area contributed by atoms with E-state index in [2.05, 4.69) is 46.9 Å². The van der Waals surface area contributed by atoms with Crippen LogP contribution in [0.25, 0.3) is 0 Å². The van der Waals surface area contributed by atoms with E-state index in [4.69, 9.17) is 11.6 Å². The molecule has 0 spiro atoms. The van der Waals surface area contributed by atoms with Gasteiger partial charge in [-0.15, -0.1) is 11.6 Å². The van der Waals surface area contributed by atoms with Gasteiger partial charge in [0.1, 0.15) is 0 Å². The number of aryl methyl sites for hydroxylation is 1. The SMILES string of the molecule is Cc1cc(Br)ccc1N(C)CCCl. The third kappa shape index (κ3) is 2.89. The van der Waals surface area contributed by atoms with Crippen LogP contribution in [-0.2, 0) is 0 Å². The van der Waals surface area contributed by atoms with Gasteiger partial charge in [0.15, 0.2) is 0 Å². The van der Waals surface area contributed by atoms with Gasteiger partial charge in [-0.2, -0.15) is 0 Å². The summed E-state index contributed by atoms with van der Waals surface area (Å²) < 4.78 is 1.12. The molecule has 0 aliphatic heterocycles. The summed E-state index contributed by atoms with van der Waals surface area (Å²) in [6, 6.07) is 6.26. The van der Waals surface area contributed by atoms with Crippen LogP contribution in [0, 0.1) is 6.92 Å². The van der Waals surface area contributed by atoms with Gasteiger partial charge in [-0.05, 0) is 30.7 Å². The number of halogens is 2. The summed E-state index contributed by atoms with van der Waals surface area (Å²) in [4.78, 5) is 2.16. The number of benzene rings is 1. The Labute approximate surface area is 92.8 Å². The second-order valence-corrected chi connectivity index (χ2v) is 4.33. The number of nitrogens with zero attached hydrogens (tertiary/aromatic N) is 1. The summed E-state index contributed by atoms with van der Waals surface area (Å²) in [7, 11) is 2.05. The van der Waals surface area contributed by atoms with Gasteiger partial charge in [-0.1, -0.05) is 15.9 Å². The van der Waals surface area contributed by atoms with Crippen LogP contribution >= 0.6 is 27.5 Å². The highest BCUT2D eigenvalue weighted by Gasteiger charge is 2.03. The zero-order valence-corrected chi connectivity index (χ0v) is 10.2. The lowest BCUT2D eigenvalue weighted by molar-refractivity contribution is 0.966. The van der Waals surface area contributed by atoms with Crippen molar-refractivity contribution in [3.05, 3.63) is 28.2 Å². The zero-order valence-electron chi connectivity index (χ0n) is 7.85. The van der Waals surface area contributed by atoms with Crippen LogP contribution in [0.3, 0.4) is 0 Å². The van der Waals surface area contributed by atoms with E-state index in [0.29, 0.717) is 5.88 Å². The molecule has 1 nitrogen and oxygen atoms in total. The minimum Gasteiger partial charge on any atom is -0.373 e. The molecule has 0 aliphatic carbocycles. The van der Waals surface area contributed by atoms with Crippen molar-refractivity contribution >= 4 is 33.2 Å². The van der Waals surface area contributed by atoms with Crippen molar-refractivity contribution in [3.8, 4) is 0 Å². The van der Waals surface area contributed by atoms with Crippen LogP contribution in [0.15, 0.2) is 22.7 Å². The molecular weight excluding hydrogens is 249 g/mol. The zero-order chi connectivity index (χ0) is 9.84. The fraction of sp³-hybridized carbons (Fsp3) is 0.400. The average Bonchev–Trinajstić information content (AvgIpc) is 2.04. The van der Waals surface area contributed by atoms with Crippen LogP contribution in [0.5, 0.6) is 0 Å². The molecule has 0 saturated carbocycles. The van der Waals surface area contributed by atoms with Gasteiger partial charge in [0.25, 0.3) is 0 Å². The standard InChI is InChI=1S/C10H13BrClN/c1-8-7-9(11)3-4-10(8)13(2)6-5-12/h3-4,7H,5-6H2,1-2H3. The van der Waals surface area contributed by atoms with E-state index in [-0.39, 0.29) is 0 Å². The summed E-state index contributed by atoms with van der Waals surface area (Å²) in [5, 5.41) is 0. The molecule has 0 aliphatic rings. The first-order valence-electron chi connectivity index (χ1n) is 4.18. The number of rotatable bonds is 3. The summed E-state index contributed by atoms with van der Waals surface area (Å²) in [5.41, 5.74) is 2.51. The monoisotopic (exact) mass is 261 g/mol. The molecule has 1 rings (SSSR count). The predicted molar refractivity (Wildman–Crippen MR) is 62.9 cm³/mol. The van der Waals surface area contributed by atoms with Crippen LogP contribution in [0.2, 0.25) is 0 Å². The van der Waals surface area contributed by atoms with E-state index in [1.165, 1.54) is 11.3 Å². The van der Waals surface area contributed by atoms with Crippen molar-refractivity contribution in [2.24, 2.45) is 0 Å². The molecule has 0 aromatic heterocycles. The Hall–Kier alpha value is -0.210.